The topological polar surface area (TPSA) is 74.6 Å². The van der Waals surface area contributed by atoms with Gasteiger partial charge in [-0.25, -0.2) is 8.42 Å². The maximum Gasteiger partial charge on any atom is 0.236 e. The van der Waals surface area contributed by atoms with Gasteiger partial charge in [0.25, 0.3) is 0 Å². The first-order chi connectivity index (χ1) is 6.29. The molecule has 0 saturated heterocycles. The molecule has 0 aromatic heterocycles. The second-order valence-corrected chi connectivity index (χ2v) is 5.74. The maximum atomic E-state index is 10.7. The van der Waals surface area contributed by atoms with Crippen LogP contribution in [-0.4, -0.2) is 18.6 Å². The summed E-state index contributed by atoms with van der Waals surface area (Å²) in [6, 6.07) is 2.62. The molecule has 4 nitrogen and oxygen atoms in total. The normalized spacial score (nSPS) is 11.6. The SMILES string of the molecule is Cc1cc(CS(=O)(=O)Cl)cc(O)c1O. The zero-order chi connectivity index (χ0) is 10.9. The maximum absolute atomic E-state index is 10.7. The Kier molecular flexibility index (Phi) is 2.92. The number of halogens is 1. The third kappa shape index (κ3) is 2.78. The molecule has 0 unspecified atom stereocenters. The highest BCUT2D eigenvalue weighted by Crippen LogP contribution is 2.30. The zero-order valence-electron chi connectivity index (χ0n) is 7.36. The van der Waals surface area contributed by atoms with E-state index >= 15 is 0 Å². The zero-order valence-corrected chi connectivity index (χ0v) is 8.93. The fourth-order valence-corrected chi connectivity index (χ4v) is 2.06. The quantitative estimate of drug-likeness (QED) is 0.603. The van der Waals surface area contributed by atoms with Gasteiger partial charge < -0.3 is 10.2 Å². The van der Waals surface area contributed by atoms with E-state index in [4.69, 9.17) is 10.7 Å². The van der Waals surface area contributed by atoms with E-state index in [1.54, 1.807) is 6.92 Å². The molecule has 0 bridgehead atoms. The standard InChI is InChI=1S/C8H9ClO4S/c1-5-2-6(4-14(9,12)13)3-7(10)8(5)11/h2-3,10-11H,4H2,1H3. The molecule has 0 radical (unpaired) electrons. The smallest absolute Gasteiger partial charge is 0.236 e. The first-order valence-corrected chi connectivity index (χ1v) is 6.21. The number of phenolic OH excluding ortho intramolecular Hbond substituents is 2. The van der Waals surface area contributed by atoms with Gasteiger partial charge in [-0.2, -0.15) is 0 Å². The van der Waals surface area contributed by atoms with Crippen molar-refractivity contribution in [3.05, 3.63) is 23.3 Å². The molecule has 78 valence electrons. The van der Waals surface area contributed by atoms with E-state index in [9.17, 15) is 18.6 Å². The van der Waals surface area contributed by atoms with Gasteiger partial charge in [0, 0.05) is 10.7 Å². The molecule has 0 amide bonds. The van der Waals surface area contributed by atoms with Crippen molar-refractivity contribution in [2.24, 2.45) is 0 Å². The van der Waals surface area contributed by atoms with Crippen LogP contribution in [0.1, 0.15) is 11.1 Å². The third-order valence-electron chi connectivity index (χ3n) is 1.68. The fraction of sp³-hybridized carbons (Fsp3) is 0.250. The molecule has 2 N–H and O–H groups in total. The van der Waals surface area contributed by atoms with Crippen molar-refractivity contribution in [2.45, 2.75) is 12.7 Å². The van der Waals surface area contributed by atoms with Crippen LogP contribution in [0.4, 0.5) is 0 Å². The summed E-state index contributed by atoms with van der Waals surface area (Å²) < 4.78 is 21.5. The van der Waals surface area contributed by atoms with Crippen LogP contribution >= 0.6 is 10.7 Å². The highest BCUT2D eigenvalue weighted by atomic mass is 35.7. The summed E-state index contributed by atoms with van der Waals surface area (Å²) in [5.41, 5.74) is 0.744. The average molecular weight is 237 g/mol. The first kappa shape index (κ1) is 11.1. The summed E-state index contributed by atoms with van der Waals surface area (Å²) in [5, 5.41) is 18.4. The summed E-state index contributed by atoms with van der Waals surface area (Å²) in [4.78, 5) is 0. The third-order valence-corrected chi connectivity index (χ3v) is 2.68. The van der Waals surface area contributed by atoms with Gasteiger partial charge in [0.05, 0.1) is 5.75 Å². The Morgan fingerprint density at radius 3 is 2.36 bits per heavy atom. The van der Waals surface area contributed by atoms with Crippen molar-refractivity contribution in [3.63, 3.8) is 0 Å². The summed E-state index contributed by atoms with van der Waals surface area (Å²) in [6.45, 7) is 1.55. The molecule has 0 saturated carbocycles. The van der Waals surface area contributed by atoms with E-state index < -0.39 is 9.05 Å². The molecule has 1 aromatic rings. The Morgan fingerprint density at radius 1 is 1.36 bits per heavy atom. The minimum absolute atomic E-state index is 0.249. The predicted molar refractivity (Wildman–Crippen MR) is 53.0 cm³/mol. The number of hydrogen-bond donors (Lipinski definition) is 2. The largest absolute Gasteiger partial charge is 0.504 e. The first-order valence-electron chi connectivity index (χ1n) is 3.73. The molecule has 0 spiro atoms. The van der Waals surface area contributed by atoms with Gasteiger partial charge in [-0.1, -0.05) is 6.07 Å². The lowest BCUT2D eigenvalue weighted by molar-refractivity contribution is 0.400. The van der Waals surface area contributed by atoms with E-state index in [0.717, 1.165) is 0 Å². The number of aromatic hydroxyl groups is 2. The van der Waals surface area contributed by atoms with Gasteiger partial charge in [0.1, 0.15) is 0 Å². The lowest BCUT2D eigenvalue weighted by Crippen LogP contribution is -1.95. The van der Waals surface area contributed by atoms with E-state index in [2.05, 4.69) is 0 Å². The van der Waals surface area contributed by atoms with Crippen LogP contribution in [0.25, 0.3) is 0 Å². The van der Waals surface area contributed by atoms with Crippen LogP contribution in [0, 0.1) is 6.92 Å². The van der Waals surface area contributed by atoms with E-state index in [1.165, 1.54) is 12.1 Å². The molecular weight excluding hydrogens is 228 g/mol. The second kappa shape index (κ2) is 3.67. The Morgan fingerprint density at radius 2 is 1.93 bits per heavy atom. The minimum atomic E-state index is -3.64. The molecule has 1 aromatic carbocycles. The van der Waals surface area contributed by atoms with Crippen LogP contribution < -0.4 is 0 Å². The molecule has 0 atom stereocenters. The van der Waals surface area contributed by atoms with E-state index in [-0.39, 0.29) is 17.3 Å². The van der Waals surface area contributed by atoms with Crippen LogP contribution in [-0.2, 0) is 14.8 Å². The van der Waals surface area contributed by atoms with Crippen molar-refractivity contribution in [1.82, 2.24) is 0 Å². The van der Waals surface area contributed by atoms with Crippen LogP contribution in [0.5, 0.6) is 11.5 Å². The van der Waals surface area contributed by atoms with Gasteiger partial charge in [0.15, 0.2) is 11.5 Å². The lowest BCUT2D eigenvalue weighted by Gasteiger charge is -2.04. The van der Waals surface area contributed by atoms with Gasteiger partial charge >= 0.3 is 0 Å². The Balaban J connectivity index is 3.14. The van der Waals surface area contributed by atoms with Crippen molar-refractivity contribution in [3.8, 4) is 11.5 Å². The summed E-state index contributed by atoms with van der Waals surface area (Å²) in [7, 11) is 1.40. The van der Waals surface area contributed by atoms with Gasteiger partial charge in [-0.05, 0) is 24.1 Å². The number of benzene rings is 1. The number of rotatable bonds is 2. The summed E-state index contributed by atoms with van der Waals surface area (Å²) in [6.07, 6.45) is 0. The highest BCUT2D eigenvalue weighted by Gasteiger charge is 2.11. The van der Waals surface area contributed by atoms with Crippen LogP contribution in [0.3, 0.4) is 0 Å². The fourth-order valence-electron chi connectivity index (χ4n) is 1.12. The molecule has 0 aliphatic heterocycles. The van der Waals surface area contributed by atoms with Crippen LogP contribution in [0.2, 0.25) is 0 Å². The monoisotopic (exact) mass is 236 g/mol. The lowest BCUT2D eigenvalue weighted by atomic mass is 10.1. The van der Waals surface area contributed by atoms with Gasteiger partial charge in [0.2, 0.25) is 9.05 Å². The molecule has 0 aliphatic rings. The molecular formula is C8H9ClO4S. The number of phenols is 2. The molecule has 0 heterocycles. The van der Waals surface area contributed by atoms with Crippen molar-refractivity contribution < 1.29 is 18.6 Å². The van der Waals surface area contributed by atoms with E-state index in [1.807, 2.05) is 0 Å². The Hall–Kier alpha value is -0.940. The van der Waals surface area contributed by atoms with Crippen molar-refractivity contribution in [2.75, 3.05) is 0 Å². The minimum Gasteiger partial charge on any atom is -0.504 e. The molecule has 14 heavy (non-hydrogen) atoms. The number of aryl methyl sites for hydroxylation is 1. The van der Waals surface area contributed by atoms with Crippen molar-refractivity contribution >= 4 is 19.7 Å². The summed E-state index contributed by atoms with van der Waals surface area (Å²) in [5.74, 6) is -0.968. The second-order valence-electron chi connectivity index (χ2n) is 2.96. The average Bonchev–Trinajstić information content (AvgIpc) is 1.96. The molecule has 1 rings (SSSR count). The molecule has 0 fully saturated rings. The van der Waals surface area contributed by atoms with Gasteiger partial charge in [-0.3, -0.25) is 0 Å². The molecule has 6 heteroatoms. The van der Waals surface area contributed by atoms with Gasteiger partial charge in [-0.15, -0.1) is 0 Å². The predicted octanol–water partition coefficient (Wildman–Crippen LogP) is 1.47. The van der Waals surface area contributed by atoms with E-state index in [0.29, 0.717) is 11.1 Å². The Labute approximate surface area is 86.2 Å². The van der Waals surface area contributed by atoms with Crippen molar-refractivity contribution in [1.29, 1.82) is 0 Å². The van der Waals surface area contributed by atoms with Crippen LogP contribution in [0.15, 0.2) is 12.1 Å². The molecule has 0 aliphatic carbocycles. The summed E-state index contributed by atoms with van der Waals surface area (Å²) >= 11 is 0. The number of hydrogen-bond acceptors (Lipinski definition) is 4. The Bertz CT molecular complexity index is 429. The highest BCUT2D eigenvalue weighted by molar-refractivity contribution is 8.13.